The molecule has 11 aromatic rings. The first-order chi connectivity index (χ1) is 30.4. The number of para-hydroxylation sites is 2. The van der Waals surface area contributed by atoms with E-state index in [0.717, 1.165) is 105 Å². The van der Waals surface area contributed by atoms with Crippen LogP contribution in [-0.4, -0.2) is 0 Å². The van der Waals surface area contributed by atoms with Gasteiger partial charge in [-0.1, -0.05) is 114 Å². The molecule has 0 bridgehead atoms. The van der Waals surface area contributed by atoms with Crippen molar-refractivity contribution in [2.75, 3.05) is 9.80 Å². The summed E-state index contributed by atoms with van der Waals surface area (Å²) in [5.74, 6) is 0. The van der Waals surface area contributed by atoms with Gasteiger partial charge in [-0.25, -0.2) is 0 Å². The standard InChI is InChI=1S/C59H50N2O2/c1-37-56-52(50-32-38-18-24-48(30-40(38)34-54(50)62-56)60(44-14-10-8-11-15-44)46-26-20-42(21-27-46)58(2,3)4)36-53-51-33-39-19-25-49(31-41(39)35-55(51)63-57(37)53)61(45-16-12-9-13-17-45)47-28-22-43(23-29-47)59(5,6)7/h8-36H,1-7H3. The maximum absolute atomic E-state index is 6.76. The van der Waals surface area contributed by atoms with E-state index in [0.29, 0.717) is 0 Å². The number of anilines is 6. The highest BCUT2D eigenvalue weighted by Gasteiger charge is 2.22. The summed E-state index contributed by atoms with van der Waals surface area (Å²) < 4.78 is 13.5. The molecule has 2 aromatic heterocycles. The van der Waals surface area contributed by atoms with E-state index in [1.165, 1.54) is 11.1 Å². The number of fused-ring (bicyclic) bond motifs is 8. The van der Waals surface area contributed by atoms with E-state index in [9.17, 15) is 0 Å². The SMILES string of the molecule is Cc1c2oc3cc4cc(N(c5ccccc5)c5ccc(C(C)(C)C)cc5)ccc4cc3c2cc2c1oc1cc3cc(N(c4ccccc4)c4ccc(C(C)(C)C)cc4)ccc3cc12. The van der Waals surface area contributed by atoms with Crippen LogP contribution in [0.3, 0.4) is 0 Å². The highest BCUT2D eigenvalue weighted by molar-refractivity contribution is 6.20. The largest absolute Gasteiger partial charge is 0.456 e. The molecule has 0 fully saturated rings. The van der Waals surface area contributed by atoms with E-state index in [4.69, 9.17) is 8.83 Å². The van der Waals surface area contributed by atoms with Gasteiger partial charge in [-0.05, 0) is 154 Å². The molecule has 0 aliphatic rings. The summed E-state index contributed by atoms with van der Waals surface area (Å²) in [4.78, 5) is 4.65. The molecule has 308 valence electrons. The van der Waals surface area contributed by atoms with Crippen molar-refractivity contribution in [2.45, 2.75) is 59.3 Å². The highest BCUT2D eigenvalue weighted by atomic mass is 16.3. The van der Waals surface area contributed by atoms with E-state index in [1.807, 2.05) is 0 Å². The maximum Gasteiger partial charge on any atom is 0.142 e. The van der Waals surface area contributed by atoms with Crippen LogP contribution >= 0.6 is 0 Å². The average molecular weight is 819 g/mol. The Morgan fingerprint density at radius 3 is 1.08 bits per heavy atom. The monoisotopic (exact) mass is 818 g/mol. The number of nitrogens with zero attached hydrogens (tertiary/aromatic N) is 2. The van der Waals surface area contributed by atoms with Gasteiger partial charge >= 0.3 is 0 Å². The predicted octanol–water partition coefficient (Wildman–Crippen LogP) is 17.6. The van der Waals surface area contributed by atoms with Crippen LogP contribution in [-0.2, 0) is 10.8 Å². The molecule has 4 heteroatoms. The summed E-state index contributed by atoms with van der Waals surface area (Å²) in [5, 5.41) is 8.97. The topological polar surface area (TPSA) is 32.8 Å². The fraction of sp³-hybridized carbons (Fsp3) is 0.153. The molecule has 4 nitrogen and oxygen atoms in total. The molecule has 9 aromatic carbocycles. The Labute approximate surface area is 368 Å². The van der Waals surface area contributed by atoms with E-state index < -0.39 is 0 Å². The van der Waals surface area contributed by atoms with Crippen LogP contribution in [0, 0.1) is 6.92 Å². The second kappa shape index (κ2) is 14.4. The van der Waals surface area contributed by atoms with Crippen LogP contribution in [0.4, 0.5) is 34.1 Å². The third-order valence-electron chi connectivity index (χ3n) is 12.8. The first kappa shape index (κ1) is 38.6. The van der Waals surface area contributed by atoms with Gasteiger partial charge in [-0.15, -0.1) is 0 Å². The van der Waals surface area contributed by atoms with E-state index in [-0.39, 0.29) is 10.8 Å². The van der Waals surface area contributed by atoms with Gasteiger partial charge < -0.3 is 18.6 Å². The molecule has 0 saturated heterocycles. The van der Waals surface area contributed by atoms with Gasteiger partial charge in [0.15, 0.2) is 0 Å². The van der Waals surface area contributed by atoms with Crippen molar-refractivity contribution in [1.29, 1.82) is 0 Å². The highest BCUT2D eigenvalue weighted by Crippen LogP contribution is 2.44. The van der Waals surface area contributed by atoms with Gasteiger partial charge in [0, 0.05) is 61.2 Å². The molecule has 0 unspecified atom stereocenters. The lowest BCUT2D eigenvalue weighted by atomic mass is 9.87. The van der Waals surface area contributed by atoms with Gasteiger partial charge in [0.25, 0.3) is 0 Å². The molecule has 0 N–H and O–H groups in total. The molecule has 0 atom stereocenters. The number of aryl methyl sites for hydroxylation is 1. The first-order valence-electron chi connectivity index (χ1n) is 22.0. The zero-order valence-corrected chi connectivity index (χ0v) is 37.0. The molecule has 0 spiro atoms. The van der Waals surface area contributed by atoms with Crippen molar-refractivity contribution in [1.82, 2.24) is 0 Å². The number of rotatable bonds is 6. The Hall–Kier alpha value is -7.30. The Kier molecular flexibility index (Phi) is 8.82. The van der Waals surface area contributed by atoms with E-state index in [1.54, 1.807) is 0 Å². The summed E-state index contributed by atoms with van der Waals surface area (Å²) in [6.45, 7) is 15.7. The predicted molar refractivity (Wildman–Crippen MR) is 268 cm³/mol. The van der Waals surface area contributed by atoms with Crippen molar-refractivity contribution in [2.24, 2.45) is 0 Å². The fourth-order valence-corrected chi connectivity index (χ4v) is 9.33. The quantitative estimate of drug-likeness (QED) is 0.167. The minimum absolute atomic E-state index is 0.0797. The van der Waals surface area contributed by atoms with Crippen molar-refractivity contribution < 1.29 is 8.83 Å². The lowest BCUT2D eigenvalue weighted by Gasteiger charge is -2.27. The van der Waals surface area contributed by atoms with Gasteiger partial charge in [0.1, 0.15) is 22.3 Å². The van der Waals surface area contributed by atoms with E-state index >= 15 is 0 Å². The van der Waals surface area contributed by atoms with Crippen molar-refractivity contribution in [3.8, 4) is 0 Å². The summed E-state index contributed by atoms with van der Waals surface area (Å²) in [7, 11) is 0. The summed E-state index contributed by atoms with van der Waals surface area (Å²) in [6.07, 6.45) is 0. The molecule has 0 radical (unpaired) electrons. The number of benzene rings is 9. The Morgan fingerprint density at radius 2 is 0.698 bits per heavy atom. The molecular weight excluding hydrogens is 769 g/mol. The maximum atomic E-state index is 6.76. The third kappa shape index (κ3) is 6.69. The molecule has 0 amide bonds. The molecule has 2 heterocycles. The fourth-order valence-electron chi connectivity index (χ4n) is 9.33. The zero-order chi connectivity index (χ0) is 43.2. The minimum atomic E-state index is 0.0797. The molecule has 11 rings (SSSR count). The second-order valence-electron chi connectivity index (χ2n) is 19.2. The third-order valence-corrected chi connectivity index (χ3v) is 12.8. The van der Waals surface area contributed by atoms with Gasteiger partial charge in [0.2, 0.25) is 0 Å². The average Bonchev–Trinajstić information content (AvgIpc) is 3.83. The summed E-state index contributed by atoms with van der Waals surface area (Å²) in [6, 6.07) is 63.8. The van der Waals surface area contributed by atoms with Crippen LogP contribution < -0.4 is 9.80 Å². The lowest BCUT2D eigenvalue weighted by molar-refractivity contribution is 0.590. The van der Waals surface area contributed by atoms with Crippen molar-refractivity contribution in [3.63, 3.8) is 0 Å². The van der Waals surface area contributed by atoms with Crippen molar-refractivity contribution >= 4 is 99.5 Å². The molecule has 63 heavy (non-hydrogen) atoms. The number of hydrogen-bond donors (Lipinski definition) is 0. The Morgan fingerprint density at radius 1 is 0.333 bits per heavy atom. The van der Waals surface area contributed by atoms with Gasteiger partial charge in [-0.3, -0.25) is 0 Å². The van der Waals surface area contributed by atoms with Crippen LogP contribution in [0.5, 0.6) is 0 Å². The zero-order valence-electron chi connectivity index (χ0n) is 37.0. The summed E-state index contributed by atoms with van der Waals surface area (Å²) >= 11 is 0. The van der Waals surface area contributed by atoms with Crippen LogP contribution in [0.15, 0.2) is 185 Å². The Bertz CT molecular complexity index is 3280. The molecule has 0 aliphatic carbocycles. The van der Waals surface area contributed by atoms with Crippen LogP contribution in [0.25, 0.3) is 65.4 Å². The molecular formula is C59H50N2O2. The first-order valence-corrected chi connectivity index (χ1v) is 22.0. The minimum Gasteiger partial charge on any atom is -0.456 e. The van der Waals surface area contributed by atoms with Crippen LogP contribution in [0.2, 0.25) is 0 Å². The molecule has 0 aliphatic heterocycles. The number of hydrogen-bond acceptors (Lipinski definition) is 4. The number of furan rings is 2. The normalized spacial score (nSPS) is 12.4. The van der Waals surface area contributed by atoms with Crippen LogP contribution in [0.1, 0.15) is 58.2 Å². The van der Waals surface area contributed by atoms with Gasteiger partial charge in [0.05, 0.1) is 0 Å². The van der Waals surface area contributed by atoms with Crippen molar-refractivity contribution in [3.05, 3.63) is 193 Å². The lowest BCUT2D eigenvalue weighted by Crippen LogP contribution is -2.13. The molecule has 0 saturated carbocycles. The van der Waals surface area contributed by atoms with E-state index in [2.05, 4.69) is 234 Å². The van der Waals surface area contributed by atoms with Gasteiger partial charge in [-0.2, -0.15) is 0 Å². The smallest absolute Gasteiger partial charge is 0.142 e. The summed E-state index contributed by atoms with van der Waals surface area (Å²) in [5.41, 5.74) is 13.9. The Balaban J connectivity index is 0.995. The second-order valence-corrected chi connectivity index (χ2v) is 19.2.